The molecule has 7 heteroatoms. The number of nitrogens with one attached hydrogen (secondary N) is 2. The zero-order valence-corrected chi connectivity index (χ0v) is 17.1. The molecule has 2 aromatic carbocycles. The molecule has 1 saturated heterocycles. The number of amides is 1. The summed E-state index contributed by atoms with van der Waals surface area (Å²) in [5, 5.41) is 11.1. The normalized spacial score (nSPS) is 14.1. The van der Waals surface area contributed by atoms with Crippen molar-refractivity contribution in [1.82, 2.24) is 20.4 Å². The van der Waals surface area contributed by atoms with E-state index in [9.17, 15) is 4.79 Å². The van der Waals surface area contributed by atoms with Crippen LogP contribution in [0.2, 0.25) is 0 Å². The number of halogens is 1. The smallest absolute Gasteiger partial charge is 0.272 e. The highest BCUT2D eigenvalue weighted by atomic mass is 35.5. The van der Waals surface area contributed by atoms with Gasteiger partial charge in [-0.15, -0.1) is 12.4 Å². The maximum atomic E-state index is 12.8. The van der Waals surface area contributed by atoms with Gasteiger partial charge >= 0.3 is 0 Å². The quantitative estimate of drug-likeness (QED) is 0.673. The number of hydrogen-bond donors (Lipinski definition) is 2. The van der Waals surface area contributed by atoms with E-state index in [0.29, 0.717) is 5.69 Å². The van der Waals surface area contributed by atoms with Crippen molar-refractivity contribution < 1.29 is 9.53 Å². The predicted octanol–water partition coefficient (Wildman–Crippen LogP) is 3.45. The summed E-state index contributed by atoms with van der Waals surface area (Å²) in [6.45, 7) is 1.86. The second-order valence-corrected chi connectivity index (χ2v) is 6.89. The monoisotopic (exact) mass is 412 g/mol. The van der Waals surface area contributed by atoms with Gasteiger partial charge in [0.1, 0.15) is 5.75 Å². The van der Waals surface area contributed by atoms with E-state index < -0.39 is 0 Å². The van der Waals surface area contributed by atoms with Gasteiger partial charge in [0.15, 0.2) is 5.69 Å². The summed E-state index contributed by atoms with van der Waals surface area (Å²) >= 11 is 0. The molecule has 0 bridgehead atoms. The van der Waals surface area contributed by atoms with Crippen molar-refractivity contribution in [3.8, 4) is 22.7 Å². The lowest BCUT2D eigenvalue weighted by molar-refractivity contribution is 0.0924. The summed E-state index contributed by atoms with van der Waals surface area (Å²) < 4.78 is 7.07. The van der Waals surface area contributed by atoms with Crippen LogP contribution in [0.4, 0.5) is 0 Å². The molecular formula is C22H25ClN4O2. The van der Waals surface area contributed by atoms with Crippen LogP contribution in [0.3, 0.4) is 0 Å². The fourth-order valence-corrected chi connectivity index (χ4v) is 3.45. The van der Waals surface area contributed by atoms with E-state index in [1.807, 2.05) is 65.3 Å². The number of carbonyl (C=O) groups is 1. The number of para-hydroxylation sites is 1. The van der Waals surface area contributed by atoms with Crippen LogP contribution >= 0.6 is 12.4 Å². The van der Waals surface area contributed by atoms with Gasteiger partial charge in [-0.1, -0.05) is 18.2 Å². The highest BCUT2D eigenvalue weighted by molar-refractivity contribution is 5.93. The molecule has 0 aliphatic carbocycles. The van der Waals surface area contributed by atoms with Gasteiger partial charge in [0.2, 0.25) is 0 Å². The summed E-state index contributed by atoms with van der Waals surface area (Å²) in [5.41, 5.74) is 3.17. The van der Waals surface area contributed by atoms with Crippen molar-refractivity contribution in [2.24, 2.45) is 0 Å². The molecule has 29 heavy (non-hydrogen) atoms. The third kappa shape index (κ3) is 4.78. The second kappa shape index (κ2) is 9.58. The Hall–Kier alpha value is -2.83. The van der Waals surface area contributed by atoms with E-state index in [1.165, 1.54) is 0 Å². The first-order valence-electron chi connectivity index (χ1n) is 9.56. The number of aromatic nitrogens is 2. The average Bonchev–Trinajstić information content (AvgIpc) is 3.21. The van der Waals surface area contributed by atoms with Crippen LogP contribution in [0, 0.1) is 0 Å². The molecule has 1 aromatic heterocycles. The molecule has 2 N–H and O–H groups in total. The van der Waals surface area contributed by atoms with E-state index in [4.69, 9.17) is 4.74 Å². The van der Waals surface area contributed by atoms with Gasteiger partial charge in [0.25, 0.3) is 5.91 Å². The first kappa shape index (κ1) is 20.9. The largest absolute Gasteiger partial charge is 0.497 e. The predicted molar refractivity (Wildman–Crippen MR) is 116 cm³/mol. The average molecular weight is 413 g/mol. The van der Waals surface area contributed by atoms with Gasteiger partial charge < -0.3 is 15.4 Å². The Kier molecular flexibility index (Phi) is 6.90. The van der Waals surface area contributed by atoms with Crippen LogP contribution in [0.15, 0.2) is 60.7 Å². The summed E-state index contributed by atoms with van der Waals surface area (Å²) in [5.74, 6) is 0.662. The van der Waals surface area contributed by atoms with Gasteiger partial charge in [-0.05, 0) is 68.4 Å². The molecule has 2 heterocycles. The number of hydrogen-bond acceptors (Lipinski definition) is 4. The SMILES string of the molecule is COc1ccc(-c2cc(C(=O)NC3CCNCC3)nn2-c2ccccc2)cc1.Cl. The van der Waals surface area contributed by atoms with E-state index in [2.05, 4.69) is 15.7 Å². The Labute approximate surface area is 176 Å². The van der Waals surface area contributed by atoms with Crippen molar-refractivity contribution in [2.75, 3.05) is 20.2 Å². The maximum absolute atomic E-state index is 12.8. The zero-order valence-electron chi connectivity index (χ0n) is 16.3. The van der Waals surface area contributed by atoms with E-state index in [1.54, 1.807) is 7.11 Å². The van der Waals surface area contributed by atoms with Gasteiger partial charge in [0, 0.05) is 11.6 Å². The Bertz CT molecular complexity index is 935. The van der Waals surface area contributed by atoms with Crippen LogP contribution in [0.25, 0.3) is 16.9 Å². The van der Waals surface area contributed by atoms with Gasteiger partial charge in [-0.25, -0.2) is 4.68 Å². The van der Waals surface area contributed by atoms with Crippen LogP contribution in [-0.2, 0) is 0 Å². The summed E-state index contributed by atoms with van der Waals surface area (Å²) in [7, 11) is 1.65. The maximum Gasteiger partial charge on any atom is 0.272 e. The number of ether oxygens (including phenoxy) is 1. The molecule has 152 valence electrons. The first-order valence-corrected chi connectivity index (χ1v) is 9.56. The number of methoxy groups -OCH3 is 1. The van der Waals surface area contributed by atoms with Crippen molar-refractivity contribution in [3.63, 3.8) is 0 Å². The lowest BCUT2D eigenvalue weighted by Gasteiger charge is -2.23. The van der Waals surface area contributed by atoms with Crippen molar-refractivity contribution >= 4 is 18.3 Å². The molecule has 0 atom stereocenters. The summed E-state index contributed by atoms with van der Waals surface area (Å²) in [6.07, 6.45) is 1.88. The molecule has 6 nitrogen and oxygen atoms in total. The molecule has 1 amide bonds. The number of piperidine rings is 1. The van der Waals surface area contributed by atoms with Crippen molar-refractivity contribution in [2.45, 2.75) is 18.9 Å². The van der Waals surface area contributed by atoms with Crippen molar-refractivity contribution in [1.29, 1.82) is 0 Å². The minimum Gasteiger partial charge on any atom is -0.497 e. The molecule has 1 fully saturated rings. The Morgan fingerprint density at radius 2 is 1.79 bits per heavy atom. The standard InChI is InChI=1S/C22H24N4O2.ClH/c1-28-19-9-7-16(8-10-19)21-15-20(22(27)24-17-11-13-23-14-12-17)25-26(21)18-5-3-2-4-6-18;/h2-10,15,17,23H,11-14H2,1H3,(H,24,27);1H. The number of carbonyl (C=O) groups excluding carboxylic acids is 1. The van der Waals surface area contributed by atoms with E-state index in [0.717, 1.165) is 48.6 Å². The molecule has 1 aliphatic rings. The second-order valence-electron chi connectivity index (χ2n) is 6.89. The summed E-state index contributed by atoms with van der Waals surface area (Å²) in [6, 6.07) is 19.7. The number of nitrogens with zero attached hydrogens (tertiary/aromatic N) is 2. The highest BCUT2D eigenvalue weighted by Gasteiger charge is 2.20. The molecule has 1 aliphatic heterocycles. The van der Waals surface area contributed by atoms with E-state index >= 15 is 0 Å². The Balaban J connectivity index is 0.00000240. The summed E-state index contributed by atoms with van der Waals surface area (Å²) in [4.78, 5) is 12.8. The fourth-order valence-electron chi connectivity index (χ4n) is 3.45. The van der Waals surface area contributed by atoms with Gasteiger partial charge in [-0.3, -0.25) is 4.79 Å². The topological polar surface area (TPSA) is 68.2 Å². The van der Waals surface area contributed by atoms with Crippen LogP contribution in [0.1, 0.15) is 23.3 Å². The Morgan fingerprint density at radius 3 is 2.45 bits per heavy atom. The fraction of sp³-hybridized carbons (Fsp3) is 0.273. The zero-order chi connectivity index (χ0) is 19.3. The van der Waals surface area contributed by atoms with Crippen LogP contribution in [0.5, 0.6) is 5.75 Å². The Morgan fingerprint density at radius 1 is 1.10 bits per heavy atom. The first-order chi connectivity index (χ1) is 13.7. The minimum absolute atomic E-state index is 0. The van der Waals surface area contributed by atoms with Crippen molar-refractivity contribution in [3.05, 3.63) is 66.4 Å². The lowest BCUT2D eigenvalue weighted by atomic mass is 10.1. The lowest BCUT2D eigenvalue weighted by Crippen LogP contribution is -2.42. The molecule has 0 unspecified atom stereocenters. The van der Waals surface area contributed by atoms with Crippen LogP contribution < -0.4 is 15.4 Å². The molecule has 3 aromatic rings. The van der Waals surface area contributed by atoms with E-state index in [-0.39, 0.29) is 24.4 Å². The number of rotatable bonds is 5. The molecular weight excluding hydrogens is 388 g/mol. The third-order valence-corrected chi connectivity index (χ3v) is 5.00. The minimum atomic E-state index is -0.128. The molecule has 0 radical (unpaired) electrons. The van der Waals surface area contributed by atoms with Gasteiger partial charge in [0.05, 0.1) is 18.5 Å². The molecule has 0 spiro atoms. The molecule has 0 saturated carbocycles. The number of benzene rings is 2. The van der Waals surface area contributed by atoms with Gasteiger partial charge in [-0.2, -0.15) is 5.10 Å². The highest BCUT2D eigenvalue weighted by Crippen LogP contribution is 2.26. The van der Waals surface area contributed by atoms with Crippen LogP contribution in [-0.4, -0.2) is 41.9 Å². The third-order valence-electron chi connectivity index (χ3n) is 5.00. The molecule has 4 rings (SSSR count).